The SMILES string of the molecule is C=CCNC(=O)CN(c1cc(Cl)ccc1C)S(C)(=O)=O. The number of hydrogen-bond acceptors (Lipinski definition) is 3. The third-order valence-corrected chi connectivity index (χ3v) is 3.93. The van der Waals surface area contributed by atoms with E-state index in [1.807, 2.05) is 0 Å². The summed E-state index contributed by atoms with van der Waals surface area (Å²) in [7, 11) is -3.59. The third-order valence-electron chi connectivity index (χ3n) is 2.57. The molecule has 0 spiro atoms. The van der Waals surface area contributed by atoms with Gasteiger partial charge in [0.05, 0.1) is 11.9 Å². The summed E-state index contributed by atoms with van der Waals surface area (Å²) in [5, 5.41) is 2.95. The van der Waals surface area contributed by atoms with Gasteiger partial charge in [-0.05, 0) is 24.6 Å². The first-order valence-corrected chi connectivity index (χ1v) is 8.10. The van der Waals surface area contributed by atoms with Crippen molar-refractivity contribution in [2.24, 2.45) is 0 Å². The van der Waals surface area contributed by atoms with Crippen LogP contribution >= 0.6 is 11.6 Å². The molecule has 0 unspecified atom stereocenters. The van der Waals surface area contributed by atoms with Crippen molar-refractivity contribution in [2.75, 3.05) is 23.7 Å². The van der Waals surface area contributed by atoms with Crippen LogP contribution in [0.15, 0.2) is 30.9 Å². The Bertz CT molecular complexity index is 614. The van der Waals surface area contributed by atoms with Gasteiger partial charge in [0.15, 0.2) is 0 Å². The van der Waals surface area contributed by atoms with E-state index in [2.05, 4.69) is 11.9 Å². The number of sulfonamides is 1. The number of carbonyl (C=O) groups is 1. The minimum absolute atomic E-state index is 0.283. The molecule has 0 aromatic heterocycles. The van der Waals surface area contributed by atoms with Crippen molar-refractivity contribution >= 4 is 33.2 Å². The quantitative estimate of drug-likeness (QED) is 0.813. The first kappa shape index (κ1) is 16.5. The highest BCUT2D eigenvalue weighted by molar-refractivity contribution is 7.92. The number of halogens is 1. The number of rotatable bonds is 6. The lowest BCUT2D eigenvalue weighted by atomic mass is 10.2. The van der Waals surface area contributed by atoms with Crippen LogP contribution in [0.2, 0.25) is 5.02 Å². The van der Waals surface area contributed by atoms with Gasteiger partial charge in [0.25, 0.3) is 0 Å². The van der Waals surface area contributed by atoms with Crippen LogP contribution < -0.4 is 9.62 Å². The minimum atomic E-state index is -3.59. The standard InChI is InChI=1S/C13H17ClN2O3S/c1-4-7-15-13(17)9-16(20(3,18)19)12-8-11(14)6-5-10(12)2/h4-6,8H,1,7,9H2,2-3H3,(H,15,17). The van der Waals surface area contributed by atoms with Crippen molar-refractivity contribution in [3.63, 3.8) is 0 Å². The molecule has 5 nitrogen and oxygen atoms in total. The smallest absolute Gasteiger partial charge is 0.241 e. The Morgan fingerprint density at radius 1 is 1.50 bits per heavy atom. The molecule has 0 saturated heterocycles. The molecule has 7 heteroatoms. The Kier molecular flexibility index (Phi) is 5.59. The molecular formula is C13H17ClN2O3S. The van der Waals surface area contributed by atoms with Crippen molar-refractivity contribution in [3.8, 4) is 0 Å². The molecule has 110 valence electrons. The lowest BCUT2D eigenvalue weighted by Crippen LogP contribution is -2.40. The Balaban J connectivity index is 3.11. The van der Waals surface area contributed by atoms with Crippen LogP contribution in [-0.4, -0.2) is 33.7 Å². The van der Waals surface area contributed by atoms with Gasteiger partial charge in [-0.3, -0.25) is 9.10 Å². The van der Waals surface area contributed by atoms with Crippen molar-refractivity contribution < 1.29 is 13.2 Å². The van der Waals surface area contributed by atoms with Gasteiger partial charge < -0.3 is 5.32 Å². The molecule has 1 rings (SSSR count). The number of nitrogens with one attached hydrogen (secondary N) is 1. The number of aryl methyl sites for hydroxylation is 1. The summed E-state index contributed by atoms with van der Waals surface area (Å²) >= 11 is 5.90. The van der Waals surface area contributed by atoms with E-state index in [1.165, 1.54) is 12.1 Å². The molecule has 0 heterocycles. The largest absolute Gasteiger partial charge is 0.351 e. The predicted octanol–water partition coefficient (Wildman–Crippen LogP) is 1.72. The van der Waals surface area contributed by atoms with Crippen molar-refractivity contribution in [1.82, 2.24) is 5.32 Å². The second kappa shape index (κ2) is 6.76. The molecule has 0 bridgehead atoms. The van der Waals surface area contributed by atoms with Gasteiger partial charge in [-0.2, -0.15) is 0 Å². The summed E-state index contributed by atoms with van der Waals surface area (Å²) in [6.07, 6.45) is 2.57. The molecule has 0 radical (unpaired) electrons. The van der Waals surface area contributed by atoms with Gasteiger partial charge >= 0.3 is 0 Å². The van der Waals surface area contributed by atoms with Crippen molar-refractivity contribution in [1.29, 1.82) is 0 Å². The van der Waals surface area contributed by atoms with E-state index in [1.54, 1.807) is 19.1 Å². The monoisotopic (exact) mass is 316 g/mol. The zero-order chi connectivity index (χ0) is 15.3. The summed E-state index contributed by atoms with van der Waals surface area (Å²) in [6.45, 7) is 5.22. The maximum Gasteiger partial charge on any atom is 0.241 e. The van der Waals surface area contributed by atoms with Gasteiger partial charge in [-0.25, -0.2) is 8.42 Å². The summed E-state index contributed by atoms with van der Waals surface area (Å²) in [5.74, 6) is -0.408. The van der Waals surface area contributed by atoms with Crippen molar-refractivity contribution in [3.05, 3.63) is 41.4 Å². The summed E-state index contributed by atoms with van der Waals surface area (Å²) < 4.78 is 24.8. The number of hydrogen-bond donors (Lipinski definition) is 1. The molecule has 0 aliphatic heterocycles. The lowest BCUT2D eigenvalue weighted by Gasteiger charge is -2.23. The second-order valence-corrected chi connectivity index (χ2v) is 6.64. The Hall–Kier alpha value is -1.53. The zero-order valence-corrected chi connectivity index (χ0v) is 13.0. The molecule has 0 saturated carbocycles. The topological polar surface area (TPSA) is 66.5 Å². The first-order valence-electron chi connectivity index (χ1n) is 5.87. The number of nitrogens with zero attached hydrogens (tertiary/aromatic N) is 1. The van der Waals surface area contributed by atoms with E-state index in [0.29, 0.717) is 10.7 Å². The van der Waals surface area contributed by atoms with Crippen LogP contribution in [0.5, 0.6) is 0 Å². The maximum atomic E-state index is 11.9. The van der Waals surface area contributed by atoms with Crippen LogP contribution in [0.3, 0.4) is 0 Å². The number of amides is 1. The van der Waals surface area contributed by atoms with Crippen LogP contribution in [0.1, 0.15) is 5.56 Å². The van der Waals surface area contributed by atoms with Gasteiger partial charge in [-0.15, -0.1) is 6.58 Å². The molecule has 0 aliphatic carbocycles. The van der Waals surface area contributed by atoms with Crippen LogP contribution in [0, 0.1) is 6.92 Å². The fourth-order valence-electron chi connectivity index (χ4n) is 1.60. The average molecular weight is 317 g/mol. The molecule has 0 fully saturated rings. The Morgan fingerprint density at radius 3 is 2.70 bits per heavy atom. The molecule has 0 atom stereocenters. The van der Waals surface area contributed by atoms with Crippen molar-refractivity contribution in [2.45, 2.75) is 6.92 Å². The first-order chi connectivity index (χ1) is 9.25. The molecule has 1 aromatic rings. The van der Waals surface area contributed by atoms with Crippen LogP contribution in [0.25, 0.3) is 0 Å². The van der Waals surface area contributed by atoms with Gasteiger partial charge in [0, 0.05) is 11.6 Å². The van der Waals surface area contributed by atoms with E-state index in [4.69, 9.17) is 11.6 Å². The molecule has 1 amide bonds. The highest BCUT2D eigenvalue weighted by atomic mass is 35.5. The van der Waals surface area contributed by atoms with Crippen LogP contribution in [-0.2, 0) is 14.8 Å². The highest BCUT2D eigenvalue weighted by Crippen LogP contribution is 2.25. The summed E-state index contributed by atoms with van der Waals surface area (Å²) in [4.78, 5) is 11.7. The number of benzene rings is 1. The molecule has 1 N–H and O–H groups in total. The van der Waals surface area contributed by atoms with Gasteiger partial charge in [-0.1, -0.05) is 23.7 Å². The number of anilines is 1. The maximum absolute atomic E-state index is 11.9. The molecule has 0 aliphatic rings. The minimum Gasteiger partial charge on any atom is -0.351 e. The fraction of sp³-hybridized carbons (Fsp3) is 0.308. The summed E-state index contributed by atoms with van der Waals surface area (Å²) in [6, 6.07) is 4.90. The van der Waals surface area contributed by atoms with E-state index in [0.717, 1.165) is 16.1 Å². The normalized spacial score (nSPS) is 10.9. The van der Waals surface area contributed by atoms with Gasteiger partial charge in [0.2, 0.25) is 15.9 Å². The number of carbonyl (C=O) groups excluding carboxylic acids is 1. The summed E-state index contributed by atoms with van der Waals surface area (Å²) in [5.41, 5.74) is 1.12. The van der Waals surface area contributed by atoms with Crippen LogP contribution in [0.4, 0.5) is 5.69 Å². The highest BCUT2D eigenvalue weighted by Gasteiger charge is 2.22. The third kappa shape index (κ3) is 4.54. The fourth-order valence-corrected chi connectivity index (χ4v) is 2.68. The van der Waals surface area contributed by atoms with Gasteiger partial charge in [0.1, 0.15) is 6.54 Å². The zero-order valence-electron chi connectivity index (χ0n) is 11.4. The van der Waals surface area contributed by atoms with E-state index >= 15 is 0 Å². The molecular weight excluding hydrogens is 300 g/mol. The second-order valence-electron chi connectivity index (χ2n) is 4.29. The molecule has 1 aromatic carbocycles. The average Bonchev–Trinajstić information content (AvgIpc) is 2.35. The Morgan fingerprint density at radius 2 is 2.15 bits per heavy atom. The Labute approximate surface area is 124 Å². The van der Waals surface area contributed by atoms with E-state index in [9.17, 15) is 13.2 Å². The molecule has 20 heavy (non-hydrogen) atoms. The predicted molar refractivity (Wildman–Crippen MR) is 81.6 cm³/mol. The lowest BCUT2D eigenvalue weighted by molar-refractivity contribution is -0.119. The van der Waals surface area contributed by atoms with E-state index in [-0.39, 0.29) is 13.1 Å². The van der Waals surface area contributed by atoms with E-state index < -0.39 is 15.9 Å².